The molecule has 1 aromatic heterocycles. The SMILES string of the molecule is Cn1ccnc1CNC(=O)C[C@@H](c1ccccc1)c1ccc(Cl)cc1. The molecule has 0 radical (unpaired) electrons. The Morgan fingerprint density at radius 1 is 1.12 bits per heavy atom. The van der Waals surface area contributed by atoms with Gasteiger partial charge >= 0.3 is 0 Å². The molecule has 128 valence electrons. The van der Waals surface area contributed by atoms with E-state index in [-0.39, 0.29) is 11.8 Å². The maximum Gasteiger partial charge on any atom is 0.221 e. The first-order chi connectivity index (χ1) is 12.1. The van der Waals surface area contributed by atoms with Crippen molar-refractivity contribution in [3.8, 4) is 0 Å². The molecule has 0 spiro atoms. The number of benzene rings is 2. The number of carbonyl (C=O) groups excluding carboxylic acids is 1. The predicted molar refractivity (Wildman–Crippen MR) is 99.4 cm³/mol. The van der Waals surface area contributed by atoms with Gasteiger partial charge in [0, 0.05) is 36.8 Å². The molecule has 0 aliphatic rings. The molecule has 0 aliphatic carbocycles. The zero-order valence-electron chi connectivity index (χ0n) is 14.0. The molecule has 0 bridgehead atoms. The molecule has 1 amide bonds. The van der Waals surface area contributed by atoms with Crippen molar-refractivity contribution in [2.75, 3.05) is 0 Å². The molecule has 3 rings (SSSR count). The third kappa shape index (κ3) is 4.48. The molecule has 2 aromatic carbocycles. The zero-order chi connectivity index (χ0) is 17.6. The Labute approximate surface area is 152 Å². The van der Waals surface area contributed by atoms with Crippen molar-refractivity contribution in [2.24, 2.45) is 7.05 Å². The Kier molecular flexibility index (Phi) is 5.51. The molecule has 0 saturated heterocycles. The van der Waals surface area contributed by atoms with Gasteiger partial charge in [-0.25, -0.2) is 4.98 Å². The third-order valence-corrected chi connectivity index (χ3v) is 4.48. The van der Waals surface area contributed by atoms with Crippen molar-refractivity contribution in [3.05, 3.63) is 89.0 Å². The van der Waals surface area contributed by atoms with E-state index in [4.69, 9.17) is 11.6 Å². The topological polar surface area (TPSA) is 46.9 Å². The Hall–Kier alpha value is -2.59. The molecule has 25 heavy (non-hydrogen) atoms. The van der Waals surface area contributed by atoms with Crippen molar-refractivity contribution in [1.29, 1.82) is 0 Å². The molecular weight excluding hydrogens is 334 g/mol. The Balaban J connectivity index is 1.74. The average Bonchev–Trinajstić information content (AvgIpc) is 3.04. The molecule has 5 heteroatoms. The number of carbonyl (C=O) groups is 1. The van der Waals surface area contributed by atoms with Crippen LogP contribution in [0.1, 0.15) is 29.3 Å². The van der Waals surface area contributed by atoms with Crippen LogP contribution in [0.15, 0.2) is 67.0 Å². The van der Waals surface area contributed by atoms with E-state index in [1.165, 1.54) is 0 Å². The Morgan fingerprint density at radius 3 is 2.44 bits per heavy atom. The molecule has 0 unspecified atom stereocenters. The van der Waals surface area contributed by atoms with Crippen molar-refractivity contribution < 1.29 is 4.79 Å². The average molecular weight is 354 g/mol. The second-order valence-electron chi connectivity index (χ2n) is 5.95. The van der Waals surface area contributed by atoms with Gasteiger partial charge in [-0.1, -0.05) is 54.1 Å². The predicted octanol–water partition coefficient (Wildman–Crippen LogP) is 3.91. The van der Waals surface area contributed by atoms with Gasteiger partial charge in [0.2, 0.25) is 5.91 Å². The molecule has 0 aliphatic heterocycles. The molecule has 1 heterocycles. The van der Waals surface area contributed by atoms with Crippen LogP contribution in [0.4, 0.5) is 0 Å². The Morgan fingerprint density at radius 2 is 1.80 bits per heavy atom. The zero-order valence-corrected chi connectivity index (χ0v) is 14.8. The summed E-state index contributed by atoms with van der Waals surface area (Å²) in [4.78, 5) is 16.7. The minimum Gasteiger partial charge on any atom is -0.349 e. The van der Waals surface area contributed by atoms with Gasteiger partial charge in [-0.15, -0.1) is 0 Å². The largest absolute Gasteiger partial charge is 0.349 e. The summed E-state index contributed by atoms with van der Waals surface area (Å²) in [7, 11) is 1.91. The van der Waals surface area contributed by atoms with Crippen LogP contribution in [-0.4, -0.2) is 15.5 Å². The van der Waals surface area contributed by atoms with Gasteiger partial charge in [0.1, 0.15) is 5.82 Å². The number of imidazole rings is 1. The summed E-state index contributed by atoms with van der Waals surface area (Å²) in [5.74, 6) is 0.808. The lowest BCUT2D eigenvalue weighted by molar-refractivity contribution is -0.121. The smallest absolute Gasteiger partial charge is 0.221 e. The van der Waals surface area contributed by atoms with Gasteiger partial charge in [0.05, 0.1) is 6.54 Å². The van der Waals surface area contributed by atoms with Crippen molar-refractivity contribution in [2.45, 2.75) is 18.9 Å². The van der Waals surface area contributed by atoms with Crippen molar-refractivity contribution >= 4 is 17.5 Å². The van der Waals surface area contributed by atoms with Crippen LogP contribution in [0.2, 0.25) is 5.02 Å². The van der Waals surface area contributed by atoms with E-state index < -0.39 is 0 Å². The quantitative estimate of drug-likeness (QED) is 0.730. The lowest BCUT2D eigenvalue weighted by Gasteiger charge is -2.18. The summed E-state index contributed by atoms with van der Waals surface area (Å²) >= 11 is 6.00. The number of hydrogen-bond donors (Lipinski definition) is 1. The first-order valence-corrected chi connectivity index (χ1v) is 8.54. The number of hydrogen-bond acceptors (Lipinski definition) is 2. The molecule has 3 aromatic rings. The standard InChI is InChI=1S/C20H20ClN3O/c1-24-12-11-22-19(24)14-23-20(25)13-18(15-5-3-2-4-6-15)16-7-9-17(21)10-8-16/h2-12,18H,13-14H2,1H3,(H,23,25)/t18-/m0/s1. The monoisotopic (exact) mass is 353 g/mol. The summed E-state index contributed by atoms with van der Waals surface area (Å²) in [5.41, 5.74) is 2.18. The summed E-state index contributed by atoms with van der Waals surface area (Å²) in [6.45, 7) is 0.421. The molecule has 4 nitrogen and oxygen atoms in total. The molecule has 1 N–H and O–H groups in total. The van der Waals surface area contributed by atoms with Gasteiger partial charge in [-0.05, 0) is 23.3 Å². The summed E-state index contributed by atoms with van der Waals surface area (Å²) in [6, 6.07) is 17.7. The summed E-state index contributed by atoms with van der Waals surface area (Å²) in [5, 5.41) is 3.65. The third-order valence-electron chi connectivity index (χ3n) is 4.23. The van der Waals surface area contributed by atoms with Crippen molar-refractivity contribution in [1.82, 2.24) is 14.9 Å². The summed E-state index contributed by atoms with van der Waals surface area (Å²) < 4.78 is 1.90. The fourth-order valence-electron chi connectivity index (χ4n) is 2.81. The van der Waals surface area contributed by atoms with E-state index in [0.29, 0.717) is 18.0 Å². The molecule has 0 fully saturated rings. The first-order valence-electron chi connectivity index (χ1n) is 8.17. The molecular formula is C20H20ClN3O. The number of nitrogens with zero attached hydrogens (tertiary/aromatic N) is 2. The molecule has 1 atom stereocenters. The number of aromatic nitrogens is 2. The van der Waals surface area contributed by atoms with E-state index >= 15 is 0 Å². The number of aryl methyl sites for hydroxylation is 1. The number of rotatable bonds is 6. The Bertz CT molecular complexity index is 828. The van der Waals surface area contributed by atoms with Crippen LogP contribution >= 0.6 is 11.6 Å². The van der Waals surface area contributed by atoms with Crippen LogP contribution in [0, 0.1) is 0 Å². The van der Waals surface area contributed by atoms with E-state index in [1.54, 1.807) is 6.20 Å². The lowest BCUT2D eigenvalue weighted by Crippen LogP contribution is -2.26. The van der Waals surface area contributed by atoms with Crippen LogP contribution in [0.25, 0.3) is 0 Å². The number of nitrogens with one attached hydrogen (secondary N) is 1. The van der Waals surface area contributed by atoms with Crippen LogP contribution in [0.5, 0.6) is 0 Å². The van der Waals surface area contributed by atoms with E-state index in [9.17, 15) is 4.79 Å². The second kappa shape index (κ2) is 7.99. The number of amides is 1. The van der Waals surface area contributed by atoms with E-state index in [1.807, 2.05) is 72.4 Å². The van der Waals surface area contributed by atoms with Crippen molar-refractivity contribution in [3.63, 3.8) is 0 Å². The lowest BCUT2D eigenvalue weighted by atomic mass is 9.88. The van der Waals surface area contributed by atoms with E-state index in [2.05, 4.69) is 10.3 Å². The van der Waals surface area contributed by atoms with E-state index in [0.717, 1.165) is 17.0 Å². The fourth-order valence-corrected chi connectivity index (χ4v) is 2.94. The number of halogens is 1. The fraction of sp³-hybridized carbons (Fsp3) is 0.200. The maximum atomic E-state index is 12.5. The summed E-state index contributed by atoms with van der Waals surface area (Å²) in [6.07, 6.45) is 3.96. The highest BCUT2D eigenvalue weighted by molar-refractivity contribution is 6.30. The van der Waals surface area contributed by atoms with Crippen LogP contribution < -0.4 is 5.32 Å². The molecule has 0 saturated carbocycles. The minimum absolute atomic E-state index is 0.00759. The maximum absolute atomic E-state index is 12.5. The van der Waals surface area contributed by atoms with Gasteiger partial charge in [-0.2, -0.15) is 0 Å². The van der Waals surface area contributed by atoms with Gasteiger partial charge in [-0.3, -0.25) is 4.79 Å². The van der Waals surface area contributed by atoms with Gasteiger partial charge in [0.25, 0.3) is 0 Å². The normalized spacial score (nSPS) is 11.9. The van der Waals surface area contributed by atoms with Gasteiger partial charge in [0.15, 0.2) is 0 Å². The highest BCUT2D eigenvalue weighted by Gasteiger charge is 2.18. The second-order valence-corrected chi connectivity index (χ2v) is 6.39. The first kappa shape index (κ1) is 17.2. The highest BCUT2D eigenvalue weighted by Crippen LogP contribution is 2.28. The van der Waals surface area contributed by atoms with Crippen LogP contribution in [0.3, 0.4) is 0 Å². The van der Waals surface area contributed by atoms with Gasteiger partial charge < -0.3 is 9.88 Å². The van der Waals surface area contributed by atoms with Crippen LogP contribution in [-0.2, 0) is 18.4 Å². The minimum atomic E-state index is -0.0140. The highest BCUT2D eigenvalue weighted by atomic mass is 35.5.